The summed E-state index contributed by atoms with van der Waals surface area (Å²) in [4.78, 5) is 26.2. The van der Waals surface area contributed by atoms with Crippen molar-refractivity contribution in [2.75, 3.05) is 7.11 Å². The van der Waals surface area contributed by atoms with Crippen molar-refractivity contribution in [3.05, 3.63) is 11.6 Å². The lowest BCUT2D eigenvalue weighted by Gasteiger charge is -2.07. The normalized spacial score (nSPS) is 16.5. The van der Waals surface area contributed by atoms with E-state index in [1.54, 1.807) is 0 Å². The van der Waals surface area contributed by atoms with Gasteiger partial charge in [-0.2, -0.15) is 0 Å². The summed E-state index contributed by atoms with van der Waals surface area (Å²) in [5.41, 5.74) is 2.18. The van der Waals surface area contributed by atoms with Gasteiger partial charge < -0.3 is 15.1 Å². The molecule has 0 radical (unpaired) electrons. The maximum atomic E-state index is 10.7. The average molecular weight is 283 g/mol. The zero-order valence-corrected chi connectivity index (χ0v) is 11.7. The predicted molar refractivity (Wildman–Crippen MR) is 73.6 cm³/mol. The lowest BCUT2D eigenvalue weighted by molar-refractivity contribution is -0.154. The van der Waals surface area contributed by atoms with Crippen molar-refractivity contribution in [1.82, 2.24) is 0 Å². The standard InChI is InChI=1S/C14H21NO5/c1-20-15-12-9-5-7-10(12)6-3-2-4-8-11(13(16)17)14(18)19/h7,11H,2-6,8-9H2,1H3,(H,16,17)(H,18,19). The SMILES string of the molecule is CON=C1CCC=C1CCCCCC(C(=O)O)C(=O)O. The van der Waals surface area contributed by atoms with E-state index >= 15 is 0 Å². The van der Waals surface area contributed by atoms with Gasteiger partial charge >= 0.3 is 11.9 Å². The van der Waals surface area contributed by atoms with Crippen molar-refractivity contribution in [2.24, 2.45) is 11.1 Å². The smallest absolute Gasteiger partial charge is 0.317 e. The fourth-order valence-electron chi connectivity index (χ4n) is 2.32. The third-order valence-corrected chi connectivity index (χ3v) is 3.38. The Bertz CT molecular complexity index is 400. The van der Waals surface area contributed by atoms with E-state index in [9.17, 15) is 9.59 Å². The molecule has 6 nitrogen and oxygen atoms in total. The fourth-order valence-corrected chi connectivity index (χ4v) is 2.32. The highest BCUT2D eigenvalue weighted by Crippen LogP contribution is 2.22. The molecule has 0 saturated carbocycles. The van der Waals surface area contributed by atoms with E-state index in [0.29, 0.717) is 6.42 Å². The van der Waals surface area contributed by atoms with E-state index in [2.05, 4.69) is 11.2 Å². The van der Waals surface area contributed by atoms with E-state index in [1.807, 2.05) is 0 Å². The van der Waals surface area contributed by atoms with Crippen LogP contribution in [0.25, 0.3) is 0 Å². The summed E-state index contributed by atoms with van der Waals surface area (Å²) in [5, 5.41) is 21.5. The predicted octanol–water partition coefficient (Wildman–Crippen LogP) is 2.44. The molecule has 2 N–H and O–H groups in total. The van der Waals surface area contributed by atoms with Gasteiger partial charge in [0, 0.05) is 0 Å². The molecule has 20 heavy (non-hydrogen) atoms. The Kier molecular flexibility index (Phi) is 6.76. The Morgan fingerprint density at radius 3 is 2.60 bits per heavy atom. The van der Waals surface area contributed by atoms with Crippen LogP contribution in [0.15, 0.2) is 16.8 Å². The molecule has 0 bridgehead atoms. The second-order valence-corrected chi connectivity index (χ2v) is 4.82. The van der Waals surface area contributed by atoms with E-state index in [4.69, 9.17) is 15.1 Å². The van der Waals surface area contributed by atoms with Crippen LogP contribution in [-0.2, 0) is 14.4 Å². The van der Waals surface area contributed by atoms with Crippen LogP contribution in [0.1, 0.15) is 44.9 Å². The van der Waals surface area contributed by atoms with Crippen LogP contribution in [-0.4, -0.2) is 35.0 Å². The molecule has 0 spiro atoms. The molecule has 0 saturated heterocycles. The monoisotopic (exact) mass is 283 g/mol. The maximum Gasteiger partial charge on any atom is 0.317 e. The number of carbonyl (C=O) groups is 2. The number of carboxylic acids is 2. The summed E-state index contributed by atoms with van der Waals surface area (Å²) in [7, 11) is 1.53. The van der Waals surface area contributed by atoms with Gasteiger partial charge in [0.25, 0.3) is 0 Å². The molecule has 6 heteroatoms. The lowest BCUT2D eigenvalue weighted by Crippen LogP contribution is -2.23. The first-order valence-corrected chi connectivity index (χ1v) is 6.81. The number of unbranched alkanes of at least 4 members (excludes halogenated alkanes) is 2. The highest BCUT2D eigenvalue weighted by molar-refractivity contribution is 6.01. The zero-order valence-electron chi connectivity index (χ0n) is 11.7. The van der Waals surface area contributed by atoms with E-state index in [0.717, 1.165) is 37.8 Å². The van der Waals surface area contributed by atoms with Gasteiger partial charge in [-0.15, -0.1) is 0 Å². The summed E-state index contributed by atoms with van der Waals surface area (Å²) in [6.07, 6.45) is 7.42. The highest BCUT2D eigenvalue weighted by atomic mass is 16.6. The molecule has 0 fully saturated rings. The van der Waals surface area contributed by atoms with Crippen molar-refractivity contribution in [1.29, 1.82) is 0 Å². The van der Waals surface area contributed by atoms with E-state index in [-0.39, 0.29) is 6.42 Å². The zero-order chi connectivity index (χ0) is 15.0. The molecule has 0 aromatic rings. The number of rotatable bonds is 9. The average Bonchev–Trinajstić information content (AvgIpc) is 2.80. The van der Waals surface area contributed by atoms with Gasteiger partial charge in [-0.25, -0.2) is 0 Å². The molecule has 0 heterocycles. The first kappa shape index (κ1) is 16.2. The molecule has 1 aliphatic rings. The van der Waals surface area contributed by atoms with Crippen LogP contribution in [0.4, 0.5) is 0 Å². The minimum Gasteiger partial charge on any atom is -0.481 e. The second kappa shape index (κ2) is 8.35. The molecule has 0 atom stereocenters. The van der Waals surface area contributed by atoms with E-state index in [1.165, 1.54) is 12.7 Å². The minimum absolute atomic E-state index is 0.183. The first-order valence-electron chi connectivity index (χ1n) is 6.81. The summed E-state index contributed by atoms with van der Waals surface area (Å²) in [5.74, 6) is -3.80. The fraction of sp³-hybridized carbons (Fsp3) is 0.643. The Hall–Kier alpha value is -1.85. The molecule has 112 valence electrons. The molecular weight excluding hydrogens is 262 g/mol. The van der Waals surface area contributed by atoms with Gasteiger partial charge in [-0.1, -0.05) is 24.1 Å². The Balaban J connectivity index is 2.24. The first-order chi connectivity index (χ1) is 9.56. The largest absolute Gasteiger partial charge is 0.481 e. The van der Waals surface area contributed by atoms with Crippen molar-refractivity contribution >= 4 is 17.7 Å². The number of allylic oxidation sites excluding steroid dienone is 2. The van der Waals surface area contributed by atoms with Gasteiger partial charge in [0.15, 0.2) is 5.92 Å². The Morgan fingerprint density at radius 2 is 2.00 bits per heavy atom. The minimum atomic E-state index is -1.29. The maximum absolute atomic E-state index is 10.7. The van der Waals surface area contributed by atoms with Gasteiger partial charge in [0.05, 0.1) is 5.71 Å². The number of hydrogen-bond donors (Lipinski definition) is 2. The van der Waals surface area contributed by atoms with Gasteiger partial charge in [-0.3, -0.25) is 9.59 Å². The topological polar surface area (TPSA) is 96.2 Å². The number of aliphatic carboxylic acids is 2. The third kappa shape index (κ3) is 5.03. The van der Waals surface area contributed by atoms with Crippen molar-refractivity contribution in [3.63, 3.8) is 0 Å². The molecule has 1 rings (SSSR count). The van der Waals surface area contributed by atoms with Crippen molar-refractivity contribution in [2.45, 2.75) is 44.9 Å². The number of oxime groups is 1. The van der Waals surface area contributed by atoms with Gasteiger partial charge in [-0.05, 0) is 37.7 Å². The summed E-state index contributed by atoms with van der Waals surface area (Å²) >= 11 is 0. The summed E-state index contributed by atoms with van der Waals surface area (Å²) in [6, 6.07) is 0. The Morgan fingerprint density at radius 1 is 1.30 bits per heavy atom. The van der Waals surface area contributed by atoms with Crippen molar-refractivity contribution < 1.29 is 24.6 Å². The van der Waals surface area contributed by atoms with Gasteiger partial charge in [0.2, 0.25) is 0 Å². The molecule has 0 aromatic carbocycles. The Labute approximate surface area is 118 Å². The molecule has 1 aliphatic carbocycles. The molecule has 0 amide bonds. The molecule has 0 aromatic heterocycles. The summed E-state index contributed by atoms with van der Waals surface area (Å²) < 4.78 is 0. The van der Waals surface area contributed by atoms with Crippen LogP contribution in [0.2, 0.25) is 0 Å². The van der Waals surface area contributed by atoms with Crippen LogP contribution in [0.5, 0.6) is 0 Å². The lowest BCUT2D eigenvalue weighted by atomic mass is 9.99. The number of hydrogen-bond acceptors (Lipinski definition) is 4. The van der Waals surface area contributed by atoms with Gasteiger partial charge in [0.1, 0.15) is 7.11 Å². The summed E-state index contributed by atoms with van der Waals surface area (Å²) in [6.45, 7) is 0. The molecular formula is C14H21NO5. The van der Waals surface area contributed by atoms with Crippen LogP contribution in [0, 0.1) is 5.92 Å². The number of nitrogens with zero attached hydrogens (tertiary/aromatic N) is 1. The molecule has 0 aliphatic heterocycles. The van der Waals surface area contributed by atoms with Crippen LogP contribution >= 0.6 is 0 Å². The van der Waals surface area contributed by atoms with Crippen LogP contribution in [0.3, 0.4) is 0 Å². The van der Waals surface area contributed by atoms with E-state index < -0.39 is 17.9 Å². The van der Waals surface area contributed by atoms with Crippen molar-refractivity contribution in [3.8, 4) is 0 Å². The third-order valence-electron chi connectivity index (χ3n) is 3.38. The number of carboxylic acid groups (broad SMARTS) is 2. The quantitative estimate of drug-likeness (QED) is 0.385. The van der Waals surface area contributed by atoms with Crippen LogP contribution < -0.4 is 0 Å². The molecule has 0 unspecified atom stereocenters. The second-order valence-electron chi connectivity index (χ2n) is 4.82. The highest BCUT2D eigenvalue weighted by Gasteiger charge is 2.24.